The first-order valence-corrected chi connectivity index (χ1v) is 7.09. The predicted molar refractivity (Wildman–Crippen MR) is 81.9 cm³/mol. The molecule has 4 nitrogen and oxygen atoms in total. The monoisotopic (exact) mass is 336 g/mol. The van der Waals surface area contributed by atoms with Crippen molar-refractivity contribution in [2.45, 2.75) is 19.5 Å². The highest BCUT2D eigenvalue weighted by atomic mass is 79.9. The van der Waals surface area contributed by atoms with Crippen LogP contribution in [0.2, 0.25) is 0 Å². The number of nitrogens with one attached hydrogen (secondary N) is 1. The number of phenols is 1. The van der Waals surface area contributed by atoms with Crippen molar-refractivity contribution < 1.29 is 9.84 Å². The number of aromatic nitrogens is 1. The number of aromatic hydroxyl groups is 1. The van der Waals surface area contributed by atoms with Gasteiger partial charge in [-0.1, -0.05) is 22.0 Å². The number of hydrogen-bond acceptors (Lipinski definition) is 4. The lowest BCUT2D eigenvalue weighted by Gasteiger charge is -2.15. The van der Waals surface area contributed by atoms with Gasteiger partial charge in [-0.25, -0.2) is 0 Å². The Bertz CT molecular complexity index is 576. The van der Waals surface area contributed by atoms with E-state index >= 15 is 0 Å². The molecule has 0 spiro atoms. The number of ether oxygens (including phenoxy) is 1. The summed E-state index contributed by atoms with van der Waals surface area (Å²) in [6.07, 6.45) is 3.58. The van der Waals surface area contributed by atoms with Crippen LogP contribution in [0.3, 0.4) is 0 Å². The molecule has 0 aliphatic heterocycles. The Balaban J connectivity index is 2.09. The number of halogens is 1. The van der Waals surface area contributed by atoms with Crippen LogP contribution in [-0.2, 0) is 6.54 Å². The van der Waals surface area contributed by atoms with Crippen molar-refractivity contribution >= 4 is 15.9 Å². The van der Waals surface area contributed by atoms with E-state index in [-0.39, 0.29) is 11.8 Å². The molecular weight excluding hydrogens is 320 g/mol. The minimum Gasteiger partial charge on any atom is -0.504 e. The maximum Gasteiger partial charge on any atom is 0.162 e. The van der Waals surface area contributed by atoms with Gasteiger partial charge in [-0.3, -0.25) is 4.98 Å². The van der Waals surface area contributed by atoms with Gasteiger partial charge >= 0.3 is 0 Å². The second-order valence-electron chi connectivity index (χ2n) is 4.50. The van der Waals surface area contributed by atoms with Crippen LogP contribution in [0.4, 0.5) is 0 Å². The number of nitrogens with zero attached hydrogens (tertiary/aromatic N) is 1. The van der Waals surface area contributed by atoms with Crippen LogP contribution >= 0.6 is 15.9 Å². The quantitative estimate of drug-likeness (QED) is 0.878. The SMILES string of the molecule is COc1cc(Br)cc(CN[C@@H](C)c2cccnc2)c1O. The molecular formula is C15H17BrN2O2. The molecule has 2 N–H and O–H groups in total. The third kappa shape index (κ3) is 3.49. The molecule has 20 heavy (non-hydrogen) atoms. The minimum atomic E-state index is 0.146. The maximum absolute atomic E-state index is 10.1. The molecule has 5 heteroatoms. The fourth-order valence-electron chi connectivity index (χ4n) is 1.93. The van der Waals surface area contributed by atoms with Crippen LogP contribution in [0.1, 0.15) is 24.1 Å². The minimum absolute atomic E-state index is 0.146. The van der Waals surface area contributed by atoms with E-state index in [2.05, 4.69) is 33.2 Å². The molecule has 106 valence electrons. The lowest BCUT2D eigenvalue weighted by atomic mass is 10.1. The molecule has 0 fully saturated rings. The van der Waals surface area contributed by atoms with Gasteiger partial charge in [0.15, 0.2) is 11.5 Å². The van der Waals surface area contributed by atoms with Crippen LogP contribution in [-0.4, -0.2) is 17.2 Å². The topological polar surface area (TPSA) is 54.4 Å². The van der Waals surface area contributed by atoms with Gasteiger partial charge in [0.25, 0.3) is 0 Å². The zero-order valence-electron chi connectivity index (χ0n) is 11.4. The third-order valence-electron chi connectivity index (χ3n) is 3.12. The number of rotatable bonds is 5. The van der Waals surface area contributed by atoms with Crippen LogP contribution < -0.4 is 10.1 Å². The first-order valence-electron chi connectivity index (χ1n) is 6.30. The van der Waals surface area contributed by atoms with Crippen LogP contribution in [0.25, 0.3) is 0 Å². The fraction of sp³-hybridized carbons (Fsp3) is 0.267. The van der Waals surface area contributed by atoms with E-state index in [0.29, 0.717) is 12.3 Å². The van der Waals surface area contributed by atoms with Gasteiger partial charge in [0.2, 0.25) is 0 Å². The van der Waals surface area contributed by atoms with E-state index in [1.165, 1.54) is 7.11 Å². The molecule has 0 bridgehead atoms. The molecule has 2 rings (SSSR count). The summed E-state index contributed by atoms with van der Waals surface area (Å²) in [4.78, 5) is 4.10. The predicted octanol–water partition coefficient (Wildman–Crippen LogP) is 3.41. The first-order chi connectivity index (χ1) is 9.61. The molecule has 0 aliphatic carbocycles. The molecule has 2 aromatic rings. The van der Waals surface area contributed by atoms with Crippen LogP contribution in [0.15, 0.2) is 41.1 Å². The van der Waals surface area contributed by atoms with E-state index in [1.54, 1.807) is 12.3 Å². The Morgan fingerprint density at radius 2 is 2.25 bits per heavy atom. The third-order valence-corrected chi connectivity index (χ3v) is 3.58. The van der Waals surface area contributed by atoms with Gasteiger partial charge in [0, 0.05) is 35.0 Å². The van der Waals surface area contributed by atoms with Crippen LogP contribution in [0, 0.1) is 0 Å². The lowest BCUT2D eigenvalue weighted by Crippen LogP contribution is -2.18. The van der Waals surface area contributed by atoms with E-state index in [4.69, 9.17) is 4.74 Å². The maximum atomic E-state index is 10.1. The zero-order valence-corrected chi connectivity index (χ0v) is 13.0. The second-order valence-corrected chi connectivity index (χ2v) is 5.42. The Labute approximate surface area is 126 Å². The standard InChI is InChI=1S/C15H17BrN2O2/c1-10(11-4-3-5-17-8-11)18-9-12-6-13(16)7-14(20-2)15(12)19/h3-8,10,18-19H,9H2,1-2H3/t10-/m0/s1. The molecule has 1 heterocycles. The average Bonchev–Trinajstić information content (AvgIpc) is 2.48. The van der Waals surface area contributed by atoms with Crippen molar-refractivity contribution in [2.24, 2.45) is 0 Å². The van der Waals surface area contributed by atoms with Crippen molar-refractivity contribution in [1.29, 1.82) is 0 Å². The molecule has 1 atom stereocenters. The average molecular weight is 337 g/mol. The smallest absolute Gasteiger partial charge is 0.162 e. The first kappa shape index (κ1) is 14.8. The normalized spacial score (nSPS) is 12.2. The summed E-state index contributed by atoms with van der Waals surface area (Å²) in [7, 11) is 1.54. The summed E-state index contributed by atoms with van der Waals surface area (Å²) in [5, 5.41) is 13.5. The largest absolute Gasteiger partial charge is 0.504 e. The van der Waals surface area contributed by atoms with Gasteiger partial charge in [-0.2, -0.15) is 0 Å². The molecule has 0 aliphatic rings. The summed E-state index contributed by atoms with van der Waals surface area (Å²) in [5.74, 6) is 0.631. The Kier molecular flexibility index (Phi) is 4.98. The van der Waals surface area contributed by atoms with E-state index in [9.17, 15) is 5.11 Å². The van der Waals surface area contributed by atoms with Crippen molar-refractivity contribution in [2.75, 3.05) is 7.11 Å². The van der Waals surface area contributed by atoms with Gasteiger partial charge < -0.3 is 15.2 Å². The summed E-state index contributed by atoms with van der Waals surface area (Å²) in [6.45, 7) is 2.60. The van der Waals surface area contributed by atoms with E-state index < -0.39 is 0 Å². The number of phenolic OH excluding ortho intramolecular Hbond substituents is 1. The highest BCUT2D eigenvalue weighted by molar-refractivity contribution is 9.10. The summed E-state index contributed by atoms with van der Waals surface area (Å²) >= 11 is 3.41. The lowest BCUT2D eigenvalue weighted by molar-refractivity contribution is 0.368. The second kappa shape index (κ2) is 6.72. The summed E-state index contributed by atoms with van der Waals surface area (Å²) in [6, 6.07) is 7.69. The molecule has 1 aromatic heterocycles. The van der Waals surface area contributed by atoms with Gasteiger partial charge in [-0.05, 0) is 30.7 Å². The van der Waals surface area contributed by atoms with Gasteiger partial charge in [0.05, 0.1) is 7.11 Å². The fourth-order valence-corrected chi connectivity index (χ4v) is 2.42. The number of methoxy groups -OCH3 is 1. The summed E-state index contributed by atoms with van der Waals surface area (Å²) < 4.78 is 6.01. The number of pyridine rings is 1. The molecule has 0 amide bonds. The number of hydrogen-bond donors (Lipinski definition) is 2. The molecule has 0 saturated heterocycles. The molecule has 0 radical (unpaired) electrons. The Hall–Kier alpha value is -1.59. The van der Waals surface area contributed by atoms with Crippen molar-refractivity contribution in [3.8, 4) is 11.5 Å². The molecule has 1 aromatic carbocycles. The summed E-state index contributed by atoms with van der Waals surface area (Å²) in [5.41, 5.74) is 1.89. The van der Waals surface area contributed by atoms with Gasteiger partial charge in [0.1, 0.15) is 0 Å². The van der Waals surface area contributed by atoms with Crippen molar-refractivity contribution in [1.82, 2.24) is 10.3 Å². The zero-order chi connectivity index (χ0) is 14.5. The van der Waals surface area contributed by atoms with E-state index in [1.807, 2.05) is 24.4 Å². The van der Waals surface area contributed by atoms with Gasteiger partial charge in [-0.15, -0.1) is 0 Å². The van der Waals surface area contributed by atoms with Crippen molar-refractivity contribution in [3.05, 3.63) is 52.3 Å². The van der Waals surface area contributed by atoms with E-state index in [0.717, 1.165) is 15.6 Å². The van der Waals surface area contributed by atoms with Crippen LogP contribution in [0.5, 0.6) is 11.5 Å². The highest BCUT2D eigenvalue weighted by Gasteiger charge is 2.11. The molecule has 0 unspecified atom stereocenters. The highest BCUT2D eigenvalue weighted by Crippen LogP contribution is 2.33. The molecule has 0 saturated carbocycles. The number of benzene rings is 1. The Morgan fingerprint density at radius 3 is 2.90 bits per heavy atom. The Morgan fingerprint density at radius 1 is 1.45 bits per heavy atom. The van der Waals surface area contributed by atoms with Crippen molar-refractivity contribution in [3.63, 3.8) is 0 Å².